The summed E-state index contributed by atoms with van der Waals surface area (Å²) in [6.07, 6.45) is 7.84. The molecule has 1 aromatic carbocycles. The summed E-state index contributed by atoms with van der Waals surface area (Å²) in [5.41, 5.74) is 0.530. The quantitative estimate of drug-likeness (QED) is 0.527. The first kappa shape index (κ1) is 21.4. The van der Waals surface area contributed by atoms with E-state index >= 15 is 0 Å². The lowest BCUT2D eigenvalue weighted by molar-refractivity contribution is -0.140. The van der Waals surface area contributed by atoms with E-state index in [1.165, 1.54) is 48.3 Å². The van der Waals surface area contributed by atoms with E-state index in [1.54, 1.807) is 12.1 Å². The van der Waals surface area contributed by atoms with Crippen LogP contribution >= 0.6 is 11.6 Å². The molecule has 3 rings (SSSR count). The van der Waals surface area contributed by atoms with Crippen LogP contribution < -0.4 is 5.32 Å². The Morgan fingerprint density at radius 3 is 2.41 bits per heavy atom. The highest BCUT2D eigenvalue weighted by molar-refractivity contribution is 6.27. The summed E-state index contributed by atoms with van der Waals surface area (Å²) in [6.45, 7) is 0.0959. The third kappa shape index (κ3) is 5.82. The molecule has 5 nitrogen and oxygen atoms in total. The molecule has 1 aliphatic rings. The molecule has 1 saturated carbocycles. The van der Waals surface area contributed by atoms with E-state index in [9.17, 15) is 14.0 Å². The zero-order chi connectivity index (χ0) is 20.6. The average Bonchev–Trinajstić information content (AvgIpc) is 3.11. The van der Waals surface area contributed by atoms with Gasteiger partial charge in [-0.2, -0.15) is 0 Å². The van der Waals surface area contributed by atoms with Crippen molar-refractivity contribution in [3.63, 3.8) is 0 Å². The lowest BCUT2D eigenvalue weighted by atomic mass is 10.0. The van der Waals surface area contributed by atoms with Gasteiger partial charge in [0, 0.05) is 6.04 Å². The van der Waals surface area contributed by atoms with Gasteiger partial charge in [-0.05, 0) is 42.7 Å². The number of carbonyl (C=O) groups is 2. The number of hydrogen-bond acceptors (Lipinski definition) is 3. The second-order valence-electron chi connectivity index (χ2n) is 7.39. The zero-order valence-corrected chi connectivity index (χ0v) is 17.0. The maximum absolute atomic E-state index is 13.5. The van der Waals surface area contributed by atoms with Crippen molar-refractivity contribution in [3.05, 3.63) is 59.8 Å². The van der Waals surface area contributed by atoms with Crippen LogP contribution in [0.5, 0.6) is 0 Å². The number of nitrogens with one attached hydrogen (secondary N) is 1. The number of halogens is 2. The van der Waals surface area contributed by atoms with Crippen molar-refractivity contribution >= 4 is 23.4 Å². The molecule has 7 heteroatoms. The predicted molar refractivity (Wildman–Crippen MR) is 109 cm³/mol. The molecule has 2 amide bonds. The second-order valence-corrected chi connectivity index (χ2v) is 7.65. The van der Waals surface area contributed by atoms with Gasteiger partial charge in [0.25, 0.3) is 0 Å². The first-order valence-corrected chi connectivity index (χ1v) is 10.6. The molecule has 1 fully saturated rings. The third-order valence-electron chi connectivity index (χ3n) is 5.29. The van der Waals surface area contributed by atoms with Crippen molar-refractivity contribution in [2.24, 2.45) is 0 Å². The van der Waals surface area contributed by atoms with Crippen LogP contribution in [0.25, 0.3) is 0 Å². The number of furan rings is 1. The van der Waals surface area contributed by atoms with Crippen molar-refractivity contribution in [2.45, 2.75) is 57.2 Å². The van der Waals surface area contributed by atoms with E-state index in [0.29, 0.717) is 11.3 Å². The summed E-state index contributed by atoms with van der Waals surface area (Å²) < 4.78 is 18.9. The van der Waals surface area contributed by atoms with Gasteiger partial charge in [-0.1, -0.05) is 37.8 Å². The summed E-state index contributed by atoms with van der Waals surface area (Å²) in [4.78, 5) is 27.4. The Bertz CT molecular complexity index is 787. The monoisotopic (exact) mass is 420 g/mol. The fourth-order valence-corrected chi connectivity index (χ4v) is 3.95. The van der Waals surface area contributed by atoms with E-state index in [4.69, 9.17) is 16.0 Å². The molecule has 156 valence electrons. The molecule has 0 spiro atoms. The minimum Gasteiger partial charge on any atom is -0.467 e. The maximum atomic E-state index is 13.5. The molecular formula is C22H26ClFN2O3. The van der Waals surface area contributed by atoms with Gasteiger partial charge in [-0.15, -0.1) is 11.6 Å². The fraction of sp³-hybridized carbons (Fsp3) is 0.455. The number of carbonyl (C=O) groups excluding carboxylic acids is 2. The van der Waals surface area contributed by atoms with E-state index in [-0.39, 0.29) is 24.4 Å². The molecule has 1 aromatic heterocycles. The van der Waals surface area contributed by atoms with Crippen molar-refractivity contribution in [1.82, 2.24) is 10.2 Å². The number of amides is 2. The Morgan fingerprint density at radius 1 is 1.14 bits per heavy atom. The molecule has 29 heavy (non-hydrogen) atoms. The zero-order valence-electron chi connectivity index (χ0n) is 16.3. The average molecular weight is 421 g/mol. The van der Waals surface area contributed by atoms with Crippen molar-refractivity contribution in [3.8, 4) is 0 Å². The SMILES string of the molecule is O=C(NC1CCCCCC1)[C@H](c1ccc(F)cc1)N(Cc1ccco1)C(=O)CCl. The van der Waals surface area contributed by atoms with Crippen LogP contribution in [0.1, 0.15) is 55.9 Å². The summed E-state index contributed by atoms with van der Waals surface area (Å²) >= 11 is 5.85. The maximum Gasteiger partial charge on any atom is 0.247 e. The van der Waals surface area contributed by atoms with E-state index in [0.717, 1.165) is 25.7 Å². The first-order valence-electron chi connectivity index (χ1n) is 10.0. The Balaban J connectivity index is 1.90. The molecule has 1 aliphatic carbocycles. The van der Waals surface area contributed by atoms with Gasteiger partial charge >= 0.3 is 0 Å². The number of alkyl halides is 1. The van der Waals surface area contributed by atoms with Crippen LogP contribution in [0.4, 0.5) is 4.39 Å². The number of rotatable bonds is 7. The van der Waals surface area contributed by atoms with Gasteiger partial charge in [0.2, 0.25) is 11.8 Å². The minimum absolute atomic E-state index is 0.0736. The van der Waals surface area contributed by atoms with Gasteiger partial charge in [-0.3, -0.25) is 9.59 Å². The summed E-state index contributed by atoms with van der Waals surface area (Å²) in [5.74, 6) is -0.813. The largest absolute Gasteiger partial charge is 0.467 e. The van der Waals surface area contributed by atoms with Crippen LogP contribution in [-0.2, 0) is 16.1 Å². The number of benzene rings is 1. The third-order valence-corrected chi connectivity index (χ3v) is 5.52. The van der Waals surface area contributed by atoms with E-state index in [2.05, 4.69) is 5.32 Å². The number of nitrogens with zero attached hydrogens (tertiary/aromatic N) is 1. The predicted octanol–water partition coefficient (Wildman–Crippen LogP) is 4.57. The fourth-order valence-electron chi connectivity index (χ4n) is 3.79. The highest BCUT2D eigenvalue weighted by Gasteiger charge is 2.33. The minimum atomic E-state index is -0.921. The van der Waals surface area contributed by atoms with Gasteiger partial charge in [0.1, 0.15) is 23.5 Å². The van der Waals surface area contributed by atoms with Gasteiger partial charge in [-0.25, -0.2) is 4.39 Å². The lowest BCUT2D eigenvalue weighted by Gasteiger charge is -2.31. The van der Waals surface area contributed by atoms with Crippen LogP contribution in [0.2, 0.25) is 0 Å². The smallest absolute Gasteiger partial charge is 0.247 e. The molecule has 0 radical (unpaired) electrons. The van der Waals surface area contributed by atoms with Crippen molar-refractivity contribution in [1.29, 1.82) is 0 Å². The summed E-state index contributed by atoms with van der Waals surface area (Å²) in [6, 6.07) is 8.25. The van der Waals surface area contributed by atoms with Gasteiger partial charge in [0.05, 0.1) is 12.8 Å². The Labute approximate surface area is 175 Å². The number of hydrogen-bond donors (Lipinski definition) is 1. The topological polar surface area (TPSA) is 62.6 Å². The normalized spacial score (nSPS) is 16.1. The second kappa shape index (κ2) is 10.4. The summed E-state index contributed by atoms with van der Waals surface area (Å²) in [7, 11) is 0. The lowest BCUT2D eigenvalue weighted by Crippen LogP contribution is -2.46. The van der Waals surface area contributed by atoms with Crippen molar-refractivity contribution in [2.75, 3.05) is 5.88 Å². The van der Waals surface area contributed by atoms with Crippen LogP contribution in [0.3, 0.4) is 0 Å². The highest BCUT2D eigenvalue weighted by Crippen LogP contribution is 2.26. The summed E-state index contributed by atoms with van der Waals surface area (Å²) in [5, 5.41) is 3.11. The molecule has 0 unspecified atom stereocenters. The molecule has 2 aromatic rings. The van der Waals surface area contributed by atoms with Gasteiger partial charge < -0.3 is 14.6 Å². The molecule has 0 aliphatic heterocycles. The van der Waals surface area contributed by atoms with Crippen LogP contribution in [0, 0.1) is 5.82 Å². The van der Waals surface area contributed by atoms with Gasteiger partial charge in [0.15, 0.2) is 0 Å². The van der Waals surface area contributed by atoms with E-state index < -0.39 is 17.8 Å². The molecule has 0 saturated heterocycles. The Hall–Kier alpha value is -2.34. The first-order chi connectivity index (χ1) is 14.1. The Morgan fingerprint density at radius 2 is 1.83 bits per heavy atom. The molecule has 1 N–H and O–H groups in total. The molecule has 1 atom stereocenters. The standard InChI is InChI=1S/C22H26ClFN2O3/c23-14-20(27)26(15-19-8-5-13-29-19)21(16-9-11-17(24)12-10-16)22(28)25-18-6-3-1-2-4-7-18/h5,8-13,18,21H,1-4,6-7,14-15H2,(H,25,28)/t21-/m0/s1. The molecule has 0 bridgehead atoms. The Kier molecular flexibility index (Phi) is 7.69. The molecular weight excluding hydrogens is 395 g/mol. The molecule has 1 heterocycles. The van der Waals surface area contributed by atoms with Crippen molar-refractivity contribution < 1.29 is 18.4 Å². The highest BCUT2D eigenvalue weighted by atomic mass is 35.5. The van der Waals surface area contributed by atoms with Crippen LogP contribution in [-0.4, -0.2) is 28.6 Å². The van der Waals surface area contributed by atoms with Crippen LogP contribution in [0.15, 0.2) is 47.1 Å². The van der Waals surface area contributed by atoms with E-state index in [1.807, 2.05) is 0 Å².